The number of fused-ring (bicyclic) bond motifs is 2. The van der Waals surface area contributed by atoms with Crippen molar-refractivity contribution in [2.45, 2.75) is 51.0 Å². The molecule has 4 unspecified atom stereocenters. The molecule has 0 N–H and O–H groups in total. The van der Waals surface area contributed by atoms with Crippen LogP contribution in [0.15, 0.2) is 12.2 Å². The van der Waals surface area contributed by atoms with Crippen LogP contribution in [-0.4, -0.2) is 31.4 Å². The molecule has 0 radical (unpaired) electrons. The number of hydrogen-bond acceptors (Lipinski definition) is 5. The molecule has 2 bridgehead atoms. The van der Waals surface area contributed by atoms with E-state index in [1.54, 1.807) is 0 Å². The Morgan fingerprint density at radius 2 is 1.70 bits per heavy atom. The number of rotatable bonds is 6. The third-order valence-electron chi connectivity index (χ3n) is 5.80. The number of methoxy groups -OCH3 is 1. The van der Waals surface area contributed by atoms with Gasteiger partial charge in [0.2, 0.25) is 0 Å². The summed E-state index contributed by atoms with van der Waals surface area (Å²) in [4.78, 5) is 25.2. The minimum Gasteiger partial charge on any atom is -0.459 e. The highest BCUT2D eigenvalue weighted by atomic mass is 16.7. The average molecular weight is 322 g/mol. The van der Waals surface area contributed by atoms with Crippen molar-refractivity contribution in [2.75, 3.05) is 13.9 Å². The molecule has 3 aliphatic rings. The van der Waals surface area contributed by atoms with Gasteiger partial charge in [-0.15, -0.1) is 0 Å². The van der Waals surface area contributed by atoms with E-state index in [9.17, 15) is 9.59 Å². The normalized spacial score (nSPS) is 33.8. The Balaban J connectivity index is 1.72. The molecule has 3 rings (SSSR count). The van der Waals surface area contributed by atoms with Gasteiger partial charge in [-0.1, -0.05) is 19.1 Å². The largest absolute Gasteiger partial charge is 0.459 e. The third-order valence-corrected chi connectivity index (χ3v) is 5.80. The van der Waals surface area contributed by atoms with Gasteiger partial charge in [0, 0.05) is 7.11 Å². The Labute approximate surface area is 137 Å². The molecule has 3 aliphatic carbocycles. The topological polar surface area (TPSA) is 61.8 Å². The van der Waals surface area contributed by atoms with E-state index in [1.807, 2.05) is 6.08 Å². The zero-order valence-electron chi connectivity index (χ0n) is 14.0. The summed E-state index contributed by atoms with van der Waals surface area (Å²) in [6.45, 7) is 2.00. The lowest BCUT2D eigenvalue weighted by atomic mass is 9.83. The first-order valence-electron chi connectivity index (χ1n) is 8.67. The molecular weight excluding hydrogens is 296 g/mol. The molecule has 4 atom stereocenters. The Bertz CT molecular complexity index is 492. The lowest BCUT2D eigenvalue weighted by Crippen LogP contribution is -2.40. The van der Waals surface area contributed by atoms with Gasteiger partial charge < -0.3 is 14.2 Å². The maximum Gasteiger partial charge on any atom is 0.312 e. The zero-order chi connectivity index (χ0) is 16.4. The number of esters is 2. The Morgan fingerprint density at radius 3 is 2.26 bits per heavy atom. The fourth-order valence-corrected chi connectivity index (χ4v) is 4.51. The first-order valence-corrected chi connectivity index (χ1v) is 8.67. The maximum atomic E-state index is 12.8. The molecule has 23 heavy (non-hydrogen) atoms. The predicted molar refractivity (Wildman–Crippen MR) is 83.3 cm³/mol. The molecule has 0 saturated heterocycles. The van der Waals surface area contributed by atoms with E-state index in [1.165, 1.54) is 7.11 Å². The fraction of sp³-hybridized carbons (Fsp3) is 0.778. The summed E-state index contributed by atoms with van der Waals surface area (Å²) in [5.41, 5.74) is -0.316. The second-order valence-electron chi connectivity index (χ2n) is 7.03. The number of hydrogen-bond donors (Lipinski definition) is 0. The summed E-state index contributed by atoms with van der Waals surface area (Å²) < 4.78 is 15.9. The van der Waals surface area contributed by atoms with Crippen molar-refractivity contribution in [1.82, 2.24) is 0 Å². The molecule has 0 heterocycles. The summed E-state index contributed by atoms with van der Waals surface area (Å²) in [5.74, 6) is -1.21. The Hall–Kier alpha value is -1.36. The lowest BCUT2D eigenvalue weighted by molar-refractivity contribution is -0.175. The van der Waals surface area contributed by atoms with Gasteiger partial charge >= 0.3 is 11.9 Å². The standard InChI is InChI=1S/C18H26O5/c1-3-18(8-4-5-9-18)23-17(20)15-13-7-6-12(10-13)14(15)16(19)22-11-21-2/h6-7,12-15H,3-5,8-11H2,1-2H3. The van der Waals surface area contributed by atoms with Gasteiger partial charge in [-0.2, -0.15) is 0 Å². The third kappa shape index (κ3) is 3.03. The van der Waals surface area contributed by atoms with Crippen molar-refractivity contribution in [3.8, 4) is 0 Å². The molecule has 0 aromatic rings. The van der Waals surface area contributed by atoms with Gasteiger partial charge in [0.1, 0.15) is 5.60 Å². The summed E-state index contributed by atoms with van der Waals surface area (Å²) in [6, 6.07) is 0. The van der Waals surface area contributed by atoms with E-state index in [0.29, 0.717) is 0 Å². The van der Waals surface area contributed by atoms with Crippen LogP contribution in [-0.2, 0) is 23.8 Å². The highest BCUT2D eigenvalue weighted by molar-refractivity contribution is 5.84. The molecule has 0 aromatic heterocycles. The van der Waals surface area contributed by atoms with Crippen molar-refractivity contribution in [3.63, 3.8) is 0 Å². The van der Waals surface area contributed by atoms with Crippen LogP contribution in [0.1, 0.15) is 45.4 Å². The van der Waals surface area contributed by atoms with E-state index in [0.717, 1.165) is 38.5 Å². The average Bonchev–Trinajstić information content (AvgIpc) is 3.27. The molecule has 5 heteroatoms. The smallest absolute Gasteiger partial charge is 0.312 e. The molecule has 5 nitrogen and oxygen atoms in total. The van der Waals surface area contributed by atoms with Crippen molar-refractivity contribution in [1.29, 1.82) is 0 Å². The summed E-state index contributed by atoms with van der Waals surface area (Å²) in [6.07, 6.45) is 9.87. The second kappa shape index (κ2) is 6.63. The molecule has 128 valence electrons. The van der Waals surface area contributed by atoms with Gasteiger partial charge in [-0.05, 0) is 50.4 Å². The van der Waals surface area contributed by atoms with E-state index < -0.39 is 11.8 Å². The van der Waals surface area contributed by atoms with Crippen LogP contribution in [0.25, 0.3) is 0 Å². The summed E-state index contributed by atoms with van der Waals surface area (Å²) >= 11 is 0. The first kappa shape index (κ1) is 16.5. The van der Waals surface area contributed by atoms with Crippen LogP contribution < -0.4 is 0 Å². The van der Waals surface area contributed by atoms with Crippen LogP contribution in [0.2, 0.25) is 0 Å². The van der Waals surface area contributed by atoms with E-state index in [4.69, 9.17) is 14.2 Å². The molecule has 0 spiro atoms. The number of carbonyl (C=O) groups is 2. The first-order chi connectivity index (χ1) is 11.1. The number of ether oxygens (including phenoxy) is 3. The van der Waals surface area contributed by atoms with Gasteiger partial charge in [-0.25, -0.2) is 0 Å². The molecule has 0 amide bonds. The minimum atomic E-state index is -0.428. The van der Waals surface area contributed by atoms with Gasteiger partial charge in [0.15, 0.2) is 6.79 Å². The van der Waals surface area contributed by atoms with Crippen LogP contribution in [0.3, 0.4) is 0 Å². The van der Waals surface area contributed by atoms with Gasteiger partial charge in [-0.3, -0.25) is 9.59 Å². The molecule has 0 aliphatic heterocycles. The second-order valence-corrected chi connectivity index (χ2v) is 7.03. The van der Waals surface area contributed by atoms with Crippen LogP contribution in [0.4, 0.5) is 0 Å². The molecule has 0 aromatic carbocycles. The fourth-order valence-electron chi connectivity index (χ4n) is 4.51. The van der Waals surface area contributed by atoms with Gasteiger partial charge in [0.05, 0.1) is 11.8 Å². The monoisotopic (exact) mass is 322 g/mol. The zero-order valence-corrected chi connectivity index (χ0v) is 14.0. The summed E-state index contributed by atoms with van der Waals surface area (Å²) in [5, 5.41) is 0. The minimum absolute atomic E-state index is 0.0723. The van der Waals surface area contributed by atoms with Crippen LogP contribution >= 0.6 is 0 Å². The molecule has 2 fully saturated rings. The molecular formula is C18H26O5. The van der Waals surface area contributed by atoms with Crippen molar-refractivity contribution < 1.29 is 23.8 Å². The lowest BCUT2D eigenvalue weighted by Gasteiger charge is -2.32. The SMILES string of the molecule is CCC1(OC(=O)C2C3C=CC(C3)C2C(=O)OCOC)CCCC1. The quantitative estimate of drug-likeness (QED) is 0.427. The number of allylic oxidation sites excluding steroid dienone is 2. The Morgan fingerprint density at radius 1 is 1.09 bits per heavy atom. The van der Waals surface area contributed by atoms with Crippen LogP contribution in [0, 0.1) is 23.7 Å². The maximum absolute atomic E-state index is 12.8. The highest BCUT2D eigenvalue weighted by Crippen LogP contribution is 2.50. The molecule has 2 saturated carbocycles. The number of carbonyl (C=O) groups excluding carboxylic acids is 2. The van der Waals surface area contributed by atoms with Crippen LogP contribution in [0.5, 0.6) is 0 Å². The van der Waals surface area contributed by atoms with E-state index in [-0.39, 0.29) is 36.2 Å². The predicted octanol–water partition coefficient (Wildman–Crippen LogP) is 2.84. The Kier molecular flexibility index (Phi) is 4.76. The van der Waals surface area contributed by atoms with E-state index >= 15 is 0 Å². The van der Waals surface area contributed by atoms with E-state index in [2.05, 4.69) is 13.0 Å². The van der Waals surface area contributed by atoms with Crippen molar-refractivity contribution in [3.05, 3.63) is 12.2 Å². The van der Waals surface area contributed by atoms with Crippen molar-refractivity contribution in [2.24, 2.45) is 23.7 Å². The summed E-state index contributed by atoms with van der Waals surface area (Å²) in [7, 11) is 1.48. The van der Waals surface area contributed by atoms with Crippen molar-refractivity contribution >= 4 is 11.9 Å². The van der Waals surface area contributed by atoms with Gasteiger partial charge in [0.25, 0.3) is 0 Å². The highest BCUT2D eigenvalue weighted by Gasteiger charge is 2.54.